The molecule has 0 spiro atoms. The molecule has 0 bridgehead atoms. The summed E-state index contributed by atoms with van der Waals surface area (Å²) in [5.74, 6) is 0.495. The Morgan fingerprint density at radius 2 is 1.88 bits per heavy atom. The van der Waals surface area contributed by atoms with Crippen LogP contribution in [0.5, 0.6) is 11.5 Å². The first kappa shape index (κ1) is 16.8. The summed E-state index contributed by atoms with van der Waals surface area (Å²) in [4.78, 5) is 12.4. The van der Waals surface area contributed by atoms with Gasteiger partial charge in [0.1, 0.15) is 17.7 Å². The van der Waals surface area contributed by atoms with Gasteiger partial charge in [0.15, 0.2) is 18.1 Å². The van der Waals surface area contributed by atoms with Crippen LogP contribution in [-0.2, 0) is 0 Å². The Hall–Kier alpha value is -3.57. The molecule has 0 saturated heterocycles. The summed E-state index contributed by atoms with van der Waals surface area (Å²) >= 11 is 0. The Labute approximate surface area is 140 Å². The van der Waals surface area contributed by atoms with Crippen molar-refractivity contribution in [2.45, 2.75) is 0 Å². The molecule has 0 aliphatic rings. The number of ether oxygens (including phenoxy) is 2. The van der Waals surface area contributed by atoms with Crippen LogP contribution in [0.15, 0.2) is 54.1 Å². The monoisotopic (exact) mass is 318 g/mol. The fourth-order valence-electron chi connectivity index (χ4n) is 2.06. The molecule has 5 nitrogen and oxygen atoms in total. The van der Waals surface area contributed by atoms with Crippen LogP contribution in [0.3, 0.4) is 0 Å². The van der Waals surface area contributed by atoms with Gasteiger partial charge in [-0.1, -0.05) is 36.4 Å². The quantitative estimate of drug-likeness (QED) is 0.463. The molecule has 5 heteroatoms. The van der Waals surface area contributed by atoms with Crippen molar-refractivity contribution in [2.24, 2.45) is 0 Å². The number of methoxy groups -OCH3 is 1. The van der Waals surface area contributed by atoms with E-state index in [-0.39, 0.29) is 18.0 Å². The van der Waals surface area contributed by atoms with Crippen LogP contribution in [0.25, 0.3) is 6.08 Å². The second-order valence-corrected chi connectivity index (χ2v) is 4.72. The van der Waals surface area contributed by atoms with Crippen LogP contribution in [-0.4, -0.2) is 19.5 Å². The molecule has 0 saturated carbocycles. The largest absolute Gasteiger partial charge is 0.493 e. The molecule has 0 amide bonds. The van der Waals surface area contributed by atoms with Gasteiger partial charge in [-0.3, -0.25) is 4.79 Å². The van der Waals surface area contributed by atoms with E-state index in [1.165, 1.54) is 13.2 Å². The van der Waals surface area contributed by atoms with Crippen LogP contribution in [0.4, 0.5) is 0 Å². The standard InChI is InChI=1S/C19H14N2O3/c1-23-18-12-14(7-8-17(18)24-10-9-20)11-16(13-21)19(22)15-5-3-2-4-6-15/h2-8,11-12H,10H2,1H3/b16-11+. The highest BCUT2D eigenvalue weighted by atomic mass is 16.5. The number of hydrogen-bond acceptors (Lipinski definition) is 5. The van der Waals surface area contributed by atoms with E-state index in [0.717, 1.165) is 0 Å². The van der Waals surface area contributed by atoms with Gasteiger partial charge in [0, 0.05) is 5.56 Å². The predicted octanol–water partition coefficient (Wildman–Crippen LogP) is 3.39. The molecular formula is C19H14N2O3. The molecule has 2 aromatic carbocycles. The molecule has 0 fully saturated rings. The first-order chi connectivity index (χ1) is 11.7. The van der Waals surface area contributed by atoms with Gasteiger partial charge in [-0.25, -0.2) is 0 Å². The summed E-state index contributed by atoms with van der Waals surface area (Å²) in [5.41, 5.74) is 1.09. The van der Waals surface area contributed by atoms with Crippen molar-refractivity contribution in [1.82, 2.24) is 0 Å². The molecule has 0 unspecified atom stereocenters. The second kappa shape index (κ2) is 8.17. The van der Waals surface area contributed by atoms with Crippen molar-refractivity contribution < 1.29 is 14.3 Å². The molecule has 2 aromatic rings. The van der Waals surface area contributed by atoms with Crippen LogP contribution in [0, 0.1) is 22.7 Å². The number of allylic oxidation sites excluding steroid dienone is 1. The Kier molecular flexibility index (Phi) is 5.71. The summed E-state index contributed by atoms with van der Waals surface area (Å²) in [6.07, 6.45) is 1.49. The molecule has 0 atom stereocenters. The van der Waals surface area contributed by atoms with Gasteiger partial charge in [0.05, 0.1) is 7.11 Å². The van der Waals surface area contributed by atoms with E-state index in [9.17, 15) is 10.1 Å². The lowest BCUT2D eigenvalue weighted by atomic mass is 10.0. The lowest BCUT2D eigenvalue weighted by Gasteiger charge is -2.09. The molecule has 0 radical (unpaired) electrons. The Morgan fingerprint density at radius 1 is 1.12 bits per heavy atom. The summed E-state index contributed by atoms with van der Waals surface area (Å²) in [7, 11) is 1.47. The molecule has 0 N–H and O–H groups in total. The summed E-state index contributed by atoms with van der Waals surface area (Å²) in [5, 5.41) is 17.9. The maximum atomic E-state index is 12.4. The van der Waals surface area contributed by atoms with E-state index < -0.39 is 0 Å². The highest BCUT2D eigenvalue weighted by Crippen LogP contribution is 2.29. The molecule has 0 aliphatic heterocycles. The Bertz CT molecular complexity index is 843. The maximum Gasteiger partial charge on any atom is 0.203 e. The minimum atomic E-state index is -0.345. The van der Waals surface area contributed by atoms with Crippen LogP contribution in [0.1, 0.15) is 15.9 Å². The number of rotatable bonds is 6. The average molecular weight is 318 g/mol. The van der Waals surface area contributed by atoms with E-state index in [4.69, 9.17) is 14.7 Å². The summed E-state index contributed by atoms with van der Waals surface area (Å²) < 4.78 is 10.5. The van der Waals surface area contributed by atoms with Gasteiger partial charge in [-0.05, 0) is 23.8 Å². The number of benzene rings is 2. The number of nitrogens with zero attached hydrogens (tertiary/aromatic N) is 2. The maximum absolute atomic E-state index is 12.4. The van der Waals surface area contributed by atoms with Crippen molar-refractivity contribution in [3.8, 4) is 23.6 Å². The minimum Gasteiger partial charge on any atom is -0.493 e. The SMILES string of the molecule is COc1cc(/C=C(\C#N)C(=O)c2ccccc2)ccc1OCC#N. The number of hydrogen-bond donors (Lipinski definition) is 0. The zero-order chi connectivity index (χ0) is 17.4. The highest BCUT2D eigenvalue weighted by molar-refractivity contribution is 6.14. The predicted molar refractivity (Wildman–Crippen MR) is 88.5 cm³/mol. The third kappa shape index (κ3) is 4.00. The van der Waals surface area contributed by atoms with Gasteiger partial charge in [0.2, 0.25) is 5.78 Å². The van der Waals surface area contributed by atoms with Crippen molar-refractivity contribution in [3.05, 3.63) is 65.2 Å². The third-order valence-corrected chi connectivity index (χ3v) is 3.19. The van der Waals surface area contributed by atoms with Crippen LogP contribution in [0.2, 0.25) is 0 Å². The summed E-state index contributed by atoms with van der Waals surface area (Å²) in [6, 6.07) is 17.4. The molecule has 118 valence electrons. The average Bonchev–Trinajstić information content (AvgIpc) is 2.64. The van der Waals surface area contributed by atoms with Gasteiger partial charge in [-0.15, -0.1) is 0 Å². The van der Waals surface area contributed by atoms with Crippen molar-refractivity contribution in [3.63, 3.8) is 0 Å². The highest BCUT2D eigenvalue weighted by Gasteiger charge is 2.12. The van der Waals surface area contributed by atoms with Gasteiger partial charge in [0.25, 0.3) is 0 Å². The molecular weight excluding hydrogens is 304 g/mol. The van der Waals surface area contributed by atoms with E-state index in [0.29, 0.717) is 22.6 Å². The van der Waals surface area contributed by atoms with E-state index in [1.807, 2.05) is 12.1 Å². The van der Waals surface area contributed by atoms with Gasteiger partial charge < -0.3 is 9.47 Å². The first-order valence-electron chi connectivity index (χ1n) is 7.09. The fraction of sp³-hybridized carbons (Fsp3) is 0.105. The van der Waals surface area contributed by atoms with Crippen molar-refractivity contribution >= 4 is 11.9 Å². The van der Waals surface area contributed by atoms with Crippen molar-refractivity contribution in [1.29, 1.82) is 10.5 Å². The van der Waals surface area contributed by atoms with Crippen molar-refractivity contribution in [2.75, 3.05) is 13.7 Å². The third-order valence-electron chi connectivity index (χ3n) is 3.19. The van der Waals surface area contributed by atoms with E-state index in [2.05, 4.69) is 0 Å². The first-order valence-corrected chi connectivity index (χ1v) is 7.09. The number of nitriles is 2. The molecule has 24 heavy (non-hydrogen) atoms. The lowest BCUT2D eigenvalue weighted by Crippen LogP contribution is -2.01. The molecule has 0 aromatic heterocycles. The van der Waals surface area contributed by atoms with Gasteiger partial charge in [-0.2, -0.15) is 10.5 Å². The molecule has 2 rings (SSSR count). The Balaban J connectivity index is 2.33. The fourth-order valence-corrected chi connectivity index (χ4v) is 2.06. The number of ketones is 1. The smallest absolute Gasteiger partial charge is 0.203 e. The zero-order valence-electron chi connectivity index (χ0n) is 13.0. The zero-order valence-corrected chi connectivity index (χ0v) is 13.0. The summed E-state index contributed by atoms with van der Waals surface area (Å²) in [6.45, 7) is -0.0957. The minimum absolute atomic E-state index is 0.0222. The number of carbonyl (C=O) groups is 1. The van der Waals surface area contributed by atoms with Crippen LogP contribution >= 0.6 is 0 Å². The lowest BCUT2D eigenvalue weighted by molar-refractivity contribution is 0.104. The Morgan fingerprint density at radius 3 is 2.50 bits per heavy atom. The van der Waals surface area contributed by atoms with E-state index >= 15 is 0 Å². The van der Waals surface area contributed by atoms with E-state index in [1.54, 1.807) is 48.5 Å². The second-order valence-electron chi connectivity index (χ2n) is 4.72. The normalized spacial score (nSPS) is 10.4. The molecule has 0 heterocycles. The number of carbonyl (C=O) groups excluding carboxylic acids is 1. The van der Waals surface area contributed by atoms with Gasteiger partial charge >= 0.3 is 0 Å². The van der Waals surface area contributed by atoms with Crippen LogP contribution < -0.4 is 9.47 Å². The number of Topliss-reactive ketones (excluding diaryl/α,β-unsaturated/α-hetero) is 1. The topological polar surface area (TPSA) is 83.1 Å². The molecule has 0 aliphatic carbocycles.